The van der Waals surface area contributed by atoms with Gasteiger partial charge in [0.15, 0.2) is 0 Å². The molecule has 0 bridgehead atoms. The highest BCUT2D eigenvalue weighted by molar-refractivity contribution is 6.32. The van der Waals surface area contributed by atoms with E-state index in [1.807, 2.05) is 0 Å². The summed E-state index contributed by atoms with van der Waals surface area (Å²) in [5, 5.41) is 0.992. The molecule has 2 aromatic carbocycles. The van der Waals surface area contributed by atoms with Crippen LogP contribution in [0.3, 0.4) is 0 Å². The maximum atomic E-state index is 6.84. The molecule has 1 heteroatoms. The number of hydrogen-bond donors (Lipinski definition) is 0. The molecule has 0 spiro atoms. The van der Waals surface area contributed by atoms with Crippen molar-refractivity contribution in [3.8, 4) is 0 Å². The average molecular weight is 357 g/mol. The third-order valence-corrected chi connectivity index (χ3v) is 5.96. The van der Waals surface area contributed by atoms with Crippen molar-refractivity contribution in [2.24, 2.45) is 0 Å². The Bertz CT molecular complexity index is 740. The molecule has 0 aliphatic heterocycles. The van der Waals surface area contributed by atoms with E-state index in [2.05, 4.69) is 59.7 Å². The Morgan fingerprint density at radius 2 is 1.20 bits per heavy atom. The van der Waals surface area contributed by atoms with Gasteiger partial charge in [-0.2, -0.15) is 0 Å². The van der Waals surface area contributed by atoms with Crippen molar-refractivity contribution >= 4 is 11.6 Å². The molecule has 136 valence electrons. The van der Waals surface area contributed by atoms with E-state index in [9.17, 15) is 0 Å². The van der Waals surface area contributed by atoms with Gasteiger partial charge >= 0.3 is 0 Å². The predicted molar refractivity (Wildman–Crippen MR) is 112 cm³/mol. The van der Waals surface area contributed by atoms with Gasteiger partial charge in [0, 0.05) is 5.02 Å². The van der Waals surface area contributed by atoms with Crippen LogP contribution >= 0.6 is 11.6 Å². The molecule has 0 nitrogen and oxygen atoms in total. The van der Waals surface area contributed by atoms with Crippen molar-refractivity contribution in [1.82, 2.24) is 0 Å². The van der Waals surface area contributed by atoms with Crippen LogP contribution in [0.15, 0.2) is 18.2 Å². The Morgan fingerprint density at radius 3 is 1.72 bits per heavy atom. The van der Waals surface area contributed by atoms with E-state index in [1.54, 1.807) is 0 Å². The van der Waals surface area contributed by atoms with Crippen LogP contribution in [-0.4, -0.2) is 0 Å². The Balaban J connectivity index is 2.52. The summed E-state index contributed by atoms with van der Waals surface area (Å²) >= 11 is 6.84. The lowest BCUT2D eigenvalue weighted by atomic mass is 9.89. The van der Waals surface area contributed by atoms with E-state index in [0.717, 1.165) is 43.5 Å². The number of hydrogen-bond acceptors (Lipinski definition) is 0. The molecule has 0 atom stereocenters. The van der Waals surface area contributed by atoms with Crippen molar-refractivity contribution in [2.75, 3.05) is 0 Å². The second-order valence-electron chi connectivity index (χ2n) is 6.96. The predicted octanol–water partition coefficient (Wildman–Crippen LogP) is 7.05. The maximum absolute atomic E-state index is 6.84. The summed E-state index contributed by atoms with van der Waals surface area (Å²) in [5.74, 6) is 0. The van der Waals surface area contributed by atoms with Gasteiger partial charge in [-0.25, -0.2) is 0 Å². The highest BCUT2D eigenvalue weighted by Gasteiger charge is 2.15. The molecule has 0 saturated carbocycles. The molecular weight excluding hydrogens is 324 g/mol. The molecule has 0 saturated heterocycles. The van der Waals surface area contributed by atoms with E-state index in [0.29, 0.717) is 0 Å². The number of halogens is 1. The second kappa shape index (κ2) is 8.90. The summed E-state index contributed by atoms with van der Waals surface area (Å²) < 4.78 is 0. The monoisotopic (exact) mass is 356 g/mol. The number of aryl methyl sites for hydroxylation is 3. The van der Waals surface area contributed by atoms with Gasteiger partial charge in [0.05, 0.1) is 0 Å². The lowest BCUT2D eigenvalue weighted by molar-refractivity contribution is 0.963. The number of benzene rings is 2. The molecule has 0 radical (unpaired) electrons. The second-order valence-corrected chi connectivity index (χ2v) is 7.34. The minimum Gasteiger partial charge on any atom is -0.0837 e. The third kappa shape index (κ3) is 4.11. The summed E-state index contributed by atoms with van der Waals surface area (Å²) in [6.45, 7) is 13.5. The third-order valence-electron chi connectivity index (χ3n) is 5.49. The van der Waals surface area contributed by atoms with Gasteiger partial charge in [-0.05, 0) is 90.0 Å². The van der Waals surface area contributed by atoms with Gasteiger partial charge in [-0.3, -0.25) is 0 Å². The Kier molecular flexibility index (Phi) is 7.14. The van der Waals surface area contributed by atoms with E-state index >= 15 is 0 Å². The summed E-state index contributed by atoms with van der Waals surface area (Å²) in [6.07, 6.45) is 6.30. The van der Waals surface area contributed by atoms with Crippen LogP contribution in [0.4, 0.5) is 0 Å². The minimum absolute atomic E-state index is 0.931. The van der Waals surface area contributed by atoms with Gasteiger partial charge in [-0.1, -0.05) is 64.4 Å². The topological polar surface area (TPSA) is 0 Å². The van der Waals surface area contributed by atoms with Gasteiger partial charge in [0.2, 0.25) is 0 Å². The Morgan fingerprint density at radius 1 is 0.640 bits per heavy atom. The molecule has 0 aromatic heterocycles. The van der Waals surface area contributed by atoms with Crippen molar-refractivity contribution in [3.05, 3.63) is 67.7 Å². The van der Waals surface area contributed by atoms with Crippen molar-refractivity contribution in [2.45, 2.75) is 80.1 Å². The van der Waals surface area contributed by atoms with Gasteiger partial charge in [0.1, 0.15) is 0 Å². The molecule has 25 heavy (non-hydrogen) atoms. The summed E-state index contributed by atoms with van der Waals surface area (Å²) in [4.78, 5) is 0. The van der Waals surface area contributed by atoms with Crippen LogP contribution in [0.25, 0.3) is 0 Å². The normalized spacial score (nSPS) is 11.2. The molecule has 0 N–H and O–H groups in total. The first-order valence-corrected chi connectivity index (χ1v) is 10.3. The van der Waals surface area contributed by atoms with Crippen LogP contribution in [0.1, 0.15) is 79.1 Å². The first-order chi connectivity index (χ1) is 12.0. The lowest BCUT2D eigenvalue weighted by Gasteiger charge is -2.19. The number of rotatable bonds is 7. The smallest absolute Gasteiger partial charge is 0.0476 e. The van der Waals surface area contributed by atoms with E-state index in [4.69, 9.17) is 11.6 Å². The van der Waals surface area contributed by atoms with E-state index < -0.39 is 0 Å². The molecule has 0 heterocycles. The highest BCUT2D eigenvalue weighted by atomic mass is 35.5. The van der Waals surface area contributed by atoms with Crippen molar-refractivity contribution in [3.63, 3.8) is 0 Å². The zero-order valence-electron chi connectivity index (χ0n) is 16.9. The maximum Gasteiger partial charge on any atom is 0.0476 e. The fourth-order valence-electron chi connectivity index (χ4n) is 4.25. The van der Waals surface area contributed by atoms with Crippen LogP contribution in [0, 0.1) is 6.92 Å². The standard InChI is InChI=1S/C24H33Cl/c1-7-18-13-17(12-16(6)21(18)9-3)14-20-15-19(8-2)22(10-4)23(11-5)24(20)25/h12-13,15H,7-11,14H2,1-6H3. The van der Waals surface area contributed by atoms with Crippen LogP contribution in [0.2, 0.25) is 5.02 Å². The van der Waals surface area contributed by atoms with Gasteiger partial charge in [0.25, 0.3) is 0 Å². The first-order valence-electron chi connectivity index (χ1n) is 9.93. The molecular formula is C24H33Cl. The molecule has 0 amide bonds. The summed E-state index contributed by atoms with van der Waals surface area (Å²) in [5.41, 5.74) is 11.4. The molecule has 2 aromatic rings. The molecule has 0 fully saturated rings. The summed E-state index contributed by atoms with van der Waals surface area (Å²) in [6, 6.07) is 7.11. The van der Waals surface area contributed by atoms with Gasteiger partial charge in [-0.15, -0.1) is 0 Å². The SMILES string of the molecule is CCc1cc(Cc2cc(CC)c(CC)c(CC)c2Cl)cc(C)c1CC. The van der Waals surface area contributed by atoms with Crippen molar-refractivity contribution in [1.29, 1.82) is 0 Å². The highest BCUT2D eigenvalue weighted by Crippen LogP contribution is 2.32. The van der Waals surface area contributed by atoms with E-state index in [1.165, 1.54) is 44.5 Å². The van der Waals surface area contributed by atoms with Crippen LogP contribution in [0.5, 0.6) is 0 Å². The lowest BCUT2D eigenvalue weighted by Crippen LogP contribution is -2.04. The van der Waals surface area contributed by atoms with Gasteiger partial charge < -0.3 is 0 Å². The average Bonchev–Trinajstić information content (AvgIpc) is 2.62. The van der Waals surface area contributed by atoms with E-state index in [-0.39, 0.29) is 0 Å². The molecule has 0 aliphatic rings. The van der Waals surface area contributed by atoms with Crippen LogP contribution < -0.4 is 0 Å². The van der Waals surface area contributed by atoms with Crippen LogP contribution in [-0.2, 0) is 38.5 Å². The quantitative estimate of drug-likeness (QED) is 0.498. The Hall–Kier alpha value is -1.27. The zero-order chi connectivity index (χ0) is 18.6. The molecule has 0 unspecified atom stereocenters. The molecule has 0 aliphatic carbocycles. The van der Waals surface area contributed by atoms with Crippen molar-refractivity contribution < 1.29 is 0 Å². The largest absolute Gasteiger partial charge is 0.0837 e. The molecule has 2 rings (SSSR count). The fourth-order valence-corrected chi connectivity index (χ4v) is 4.62. The first kappa shape index (κ1) is 20.0. The Labute approximate surface area is 159 Å². The fraction of sp³-hybridized carbons (Fsp3) is 0.500. The minimum atomic E-state index is 0.931. The summed E-state index contributed by atoms with van der Waals surface area (Å²) in [7, 11) is 0. The zero-order valence-corrected chi connectivity index (χ0v) is 17.6.